The first-order valence-corrected chi connectivity index (χ1v) is 9.23. The molecule has 2 aromatic rings. The van der Waals surface area contributed by atoms with Crippen molar-refractivity contribution < 1.29 is 19.1 Å². The fraction of sp³-hybridized carbons (Fsp3) is 0.304. The molecule has 2 rings (SSSR count). The zero-order chi connectivity index (χ0) is 19.5. The summed E-state index contributed by atoms with van der Waals surface area (Å²) in [5.74, 6) is 0.442. The zero-order valence-electron chi connectivity index (χ0n) is 15.8. The van der Waals surface area contributed by atoms with Crippen molar-refractivity contribution in [3.05, 3.63) is 77.9 Å². The Kier molecular flexibility index (Phi) is 8.30. The molecule has 2 aromatic carbocycles. The second kappa shape index (κ2) is 11.0. The van der Waals surface area contributed by atoms with Crippen LogP contribution in [0, 0.1) is 0 Å². The highest BCUT2D eigenvalue weighted by Crippen LogP contribution is 2.16. The van der Waals surface area contributed by atoms with Gasteiger partial charge in [0, 0.05) is 16.7 Å². The van der Waals surface area contributed by atoms with E-state index in [0.29, 0.717) is 29.9 Å². The van der Waals surface area contributed by atoms with Crippen LogP contribution in [0.15, 0.2) is 66.7 Å². The van der Waals surface area contributed by atoms with Gasteiger partial charge in [0.2, 0.25) is 0 Å². The van der Waals surface area contributed by atoms with Crippen LogP contribution in [0.2, 0.25) is 0 Å². The van der Waals surface area contributed by atoms with Crippen LogP contribution < -0.4 is 4.74 Å². The van der Waals surface area contributed by atoms with Crippen LogP contribution in [-0.2, 0) is 9.53 Å². The standard InChI is InChI=1S/C23H26O4/c1-18(2)23(25)27-17-9-4-3-8-16-26-21-14-12-20(13-15-21)22(24)19-10-6-5-7-11-19/h5-7,10-15H,1,3-4,8-9,16-17H2,2H3. The quantitative estimate of drug-likeness (QED) is 0.244. The topological polar surface area (TPSA) is 52.6 Å². The monoisotopic (exact) mass is 366 g/mol. The van der Waals surface area contributed by atoms with Crippen molar-refractivity contribution in [1.82, 2.24) is 0 Å². The number of unbranched alkanes of at least 4 members (excludes halogenated alkanes) is 3. The highest BCUT2D eigenvalue weighted by molar-refractivity contribution is 6.08. The van der Waals surface area contributed by atoms with E-state index >= 15 is 0 Å². The van der Waals surface area contributed by atoms with E-state index in [2.05, 4.69) is 6.58 Å². The second-order valence-electron chi connectivity index (χ2n) is 6.40. The minimum absolute atomic E-state index is 0.00879. The molecule has 0 radical (unpaired) electrons. The number of esters is 1. The summed E-state index contributed by atoms with van der Waals surface area (Å²) in [5.41, 5.74) is 1.76. The molecule has 0 saturated carbocycles. The average Bonchev–Trinajstić information content (AvgIpc) is 2.70. The molecule has 0 atom stereocenters. The van der Waals surface area contributed by atoms with Crippen molar-refractivity contribution in [2.75, 3.05) is 13.2 Å². The second-order valence-corrected chi connectivity index (χ2v) is 6.40. The lowest BCUT2D eigenvalue weighted by atomic mass is 10.0. The first kappa shape index (κ1) is 20.4. The molecule has 0 aromatic heterocycles. The Balaban J connectivity index is 1.62. The van der Waals surface area contributed by atoms with Crippen LogP contribution in [0.1, 0.15) is 48.5 Å². The van der Waals surface area contributed by atoms with Crippen molar-refractivity contribution in [1.29, 1.82) is 0 Å². The highest BCUT2D eigenvalue weighted by atomic mass is 16.5. The van der Waals surface area contributed by atoms with Gasteiger partial charge in [-0.25, -0.2) is 4.79 Å². The Hall–Kier alpha value is -2.88. The van der Waals surface area contributed by atoms with E-state index in [1.165, 1.54) is 0 Å². The van der Waals surface area contributed by atoms with Gasteiger partial charge in [-0.05, 0) is 56.9 Å². The molecule has 142 valence electrons. The molecular weight excluding hydrogens is 340 g/mol. The number of ether oxygens (including phenoxy) is 2. The minimum atomic E-state index is -0.326. The third kappa shape index (κ3) is 7.10. The van der Waals surface area contributed by atoms with Gasteiger partial charge in [-0.15, -0.1) is 0 Å². The van der Waals surface area contributed by atoms with Crippen LogP contribution in [-0.4, -0.2) is 25.0 Å². The summed E-state index contributed by atoms with van der Waals surface area (Å²) in [4.78, 5) is 23.6. The van der Waals surface area contributed by atoms with E-state index in [1.54, 1.807) is 19.1 Å². The van der Waals surface area contributed by atoms with Crippen molar-refractivity contribution in [3.63, 3.8) is 0 Å². The first-order valence-electron chi connectivity index (χ1n) is 9.23. The Morgan fingerprint density at radius 2 is 1.41 bits per heavy atom. The molecule has 4 heteroatoms. The van der Waals surface area contributed by atoms with Crippen molar-refractivity contribution in [3.8, 4) is 5.75 Å². The van der Waals surface area contributed by atoms with Gasteiger partial charge in [0.1, 0.15) is 5.75 Å². The Bertz CT molecular complexity index is 748. The number of carbonyl (C=O) groups excluding carboxylic acids is 2. The number of hydrogen-bond acceptors (Lipinski definition) is 4. The number of ketones is 1. The molecule has 0 heterocycles. The maximum absolute atomic E-state index is 12.3. The predicted octanol–water partition coefficient (Wildman–Crippen LogP) is 4.98. The molecule has 0 aliphatic rings. The summed E-state index contributed by atoms with van der Waals surface area (Å²) in [6, 6.07) is 16.5. The first-order chi connectivity index (χ1) is 13.1. The van der Waals surface area contributed by atoms with E-state index in [0.717, 1.165) is 31.4 Å². The van der Waals surface area contributed by atoms with Gasteiger partial charge < -0.3 is 9.47 Å². The van der Waals surface area contributed by atoms with Gasteiger partial charge in [0.15, 0.2) is 5.78 Å². The molecule has 0 N–H and O–H groups in total. The summed E-state index contributed by atoms with van der Waals surface area (Å²) in [6.45, 7) is 6.24. The third-order valence-electron chi connectivity index (χ3n) is 4.04. The van der Waals surface area contributed by atoms with Crippen LogP contribution in [0.3, 0.4) is 0 Å². The van der Waals surface area contributed by atoms with Gasteiger partial charge in [0.25, 0.3) is 0 Å². The molecule has 0 aliphatic heterocycles. The fourth-order valence-corrected chi connectivity index (χ4v) is 2.49. The van der Waals surface area contributed by atoms with Crippen LogP contribution in [0.4, 0.5) is 0 Å². The summed E-state index contributed by atoms with van der Waals surface area (Å²) in [6.07, 6.45) is 3.76. The maximum Gasteiger partial charge on any atom is 0.333 e. The van der Waals surface area contributed by atoms with Gasteiger partial charge in [-0.3, -0.25) is 4.79 Å². The van der Waals surface area contributed by atoms with E-state index in [-0.39, 0.29) is 11.8 Å². The van der Waals surface area contributed by atoms with Gasteiger partial charge in [0.05, 0.1) is 13.2 Å². The number of carbonyl (C=O) groups is 2. The average molecular weight is 366 g/mol. The molecule has 0 spiro atoms. The SMILES string of the molecule is C=C(C)C(=O)OCCCCCCOc1ccc(C(=O)c2ccccc2)cc1. The van der Waals surface area contributed by atoms with Crippen LogP contribution in [0.5, 0.6) is 5.75 Å². The number of hydrogen-bond donors (Lipinski definition) is 0. The third-order valence-corrected chi connectivity index (χ3v) is 4.04. The van der Waals surface area contributed by atoms with E-state index in [1.807, 2.05) is 42.5 Å². The maximum atomic E-state index is 12.3. The molecule has 0 aliphatic carbocycles. The molecule has 4 nitrogen and oxygen atoms in total. The summed E-state index contributed by atoms with van der Waals surface area (Å²) in [7, 11) is 0. The Morgan fingerprint density at radius 1 is 0.815 bits per heavy atom. The van der Waals surface area contributed by atoms with E-state index in [4.69, 9.17) is 9.47 Å². The number of benzene rings is 2. The van der Waals surface area contributed by atoms with Crippen molar-refractivity contribution >= 4 is 11.8 Å². The summed E-state index contributed by atoms with van der Waals surface area (Å²) >= 11 is 0. The summed E-state index contributed by atoms with van der Waals surface area (Å²) < 4.78 is 10.8. The van der Waals surface area contributed by atoms with Gasteiger partial charge in [-0.2, -0.15) is 0 Å². The molecular formula is C23H26O4. The lowest BCUT2D eigenvalue weighted by molar-refractivity contribution is -0.139. The summed E-state index contributed by atoms with van der Waals surface area (Å²) in [5, 5.41) is 0. The molecule has 27 heavy (non-hydrogen) atoms. The fourth-order valence-electron chi connectivity index (χ4n) is 2.49. The van der Waals surface area contributed by atoms with E-state index < -0.39 is 0 Å². The highest BCUT2D eigenvalue weighted by Gasteiger charge is 2.08. The minimum Gasteiger partial charge on any atom is -0.494 e. The van der Waals surface area contributed by atoms with Gasteiger partial charge >= 0.3 is 5.97 Å². The van der Waals surface area contributed by atoms with Crippen molar-refractivity contribution in [2.24, 2.45) is 0 Å². The van der Waals surface area contributed by atoms with Gasteiger partial charge in [-0.1, -0.05) is 36.9 Å². The van der Waals surface area contributed by atoms with Crippen molar-refractivity contribution in [2.45, 2.75) is 32.6 Å². The Labute approximate surface area is 160 Å². The smallest absolute Gasteiger partial charge is 0.333 e. The van der Waals surface area contributed by atoms with Crippen LogP contribution in [0.25, 0.3) is 0 Å². The molecule has 0 saturated heterocycles. The molecule has 0 fully saturated rings. The lowest BCUT2D eigenvalue weighted by Crippen LogP contribution is -2.06. The molecule has 0 unspecified atom stereocenters. The predicted molar refractivity (Wildman–Crippen MR) is 106 cm³/mol. The number of rotatable bonds is 11. The normalized spacial score (nSPS) is 10.3. The van der Waals surface area contributed by atoms with Crippen LogP contribution >= 0.6 is 0 Å². The largest absolute Gasteiger partial charge is 0.494 e. The lowest BCUT2D eigenvalue weighted by Gasteiger charge is -2.07. The Morgan fingerprint density at radius 3 is 2.04 bits per heavy atom. The van der Waals surface area contributed by atoms with E-state index in [9.17, 15) is 9.59 Å². The molecule has 0 amide bonds. The zero-order valence-corrected chi connectivity index (χ0v) is 15.8. The molecule has 0 bridgehead atoms.